The maximum Gasteiger partial charge on any atom is 0.328 e. The van der Waals surface area contributed by atoms with E-state index in [-0.39, 0.29) is 11.9 Å². The maximum atomic E-state index is 12.6. The molecule has 138 valence electrons. The van der Waals surface area contributed by atoms with Crippen LogP contribution in [0, 0.1) is 0 Å². The molecule has 5 rings (SSSR count). The summed E-state index contributed by atoms with van der Waals surface area (Å²) in [7, 11) is 0. The smallest absolute Gasteiger partial charge is 0.328 e. The fourth-order valence-corrected chi connectivity index (χ4v) is 3.58. The van der Waals surface area contributed by atoms with Crippen LogP contribution in [0.4, 0.5) is 0 Å². The molecular formula is C22H17N3O3. The lowest BCUT2D eigenvalue weighted by molar-refractivity contribution is -0.139. The highest BCUT2D eigenvalue weighted by atomic mass is 16.5. The van der Waals surface area contributed by atoms with Crippen molar-refractivity contribution in [1.82, 2.24) is 15.5 Å². The number of hydrogen-bond donors (Lipinski definition) is 2. The van der Waals surface area contributed by atoms with Crippen molar-refractivity contribution in [3.63, 3.8) is 0 Å². The Balaban J connectivity index is 1.52. The Morgan fingerprint density at radius 2 is 1.93 bits per heavy atom. The molecule has 1 saturated heterocycles. The normalized spacial score (nSPS) is 16.4. The zero-order chi connectivity index (χ0) is 19.1. The summed E-state index contributed by atoms with van der Waals surface area (Å²) >= 11 is 0. The Labute approximate surface area is 160 Å². The predicted octanol–water partition coefficient (Wildman–Crippen LogP) is 3.43. The van der Waals surface area contributed by atoms with E-state index in [1.807, 2.05) is 24.3 Å². The molecule has 1 aliphatic rings. The number of nitrogens with one attached hydrogen (secondary N) is 2. The van der Waals surface area contributed by atoms with E-state index in [1.165, 1.54) is 0 Å². The van der Waals surface area contributed by atoms with Crippen LogP contribution in [0.15, 0.2) is 60.7 Å². The van der Waals surface area contributed by atoms with E-state index in [0.717, 1.165) is 32.9 Å². The zero-order valence-electron chi connectivity index (χ0n) is 14.9. The van der Waals surface area contributed by atoms with Gasteiger partial charge in [0.1, 0.15) is 6.04 Å². The molecule has 3 aromatic carbocycles. The minimum Gasteiger partial charge on any atom is -0.464 e. The molecule has 1 aliphatic heterocycles. The van der Waals surface area contributed by atoms with E-state index < -0.39 is 6.04 Å². The molecule has 4 aromatic rings. The van der Waals surface area contributed by atoms with Crippen LogP contribution in [-0.4, -0.2) is 34.7 Å². The van der Waals surface area contributed by atoms with E-state index in [4.69, 9.17) is 4.74 Å². The van der Waals surface area contributed by atoms with E-state index in [9.17, 15) is 9.59 Å². The van der Waals surface area contributed by atoms with Crippen molar-refractivity contribution in [3.05, 3.63) is 66.2 Å². The van der Waals surface area contributed by atoms with Gasteiger partial charge in [-0.1, -0.05) is 36.4 Å². The third kappa shape index (κ3) is 2.79. The van der Waals surface area contributed by atoms with Gasteiger partial charge in [-0.3, -0.25) is 9.89 Å². The molecule has 0 bridgehead atoms. The summed E-state index contributed by atoms with van der Waals surface area (Å²) in [6, 6.07) is 19.1. The molecule has 0 saturated carbocycles. The fourth-order valence-electron chi connectivity index (χ4n) is 3.58. The van der Waals surface area contributed by atoms with E-state index >= 15 is 0 Å². The molecule has 1 aromatic heterocycles. The summed E-state index contributed by atoms with van der Waals surface area (Å²) < 4.78 is 4.90. The molecule has 0 radical (unpaired) electrons. The Morgan fingerprint density at radius 3 is 2.75 bits per heavy atom. The van der Waals surface area contributed by atoms with Crippen molar-refractivity contribution in [2.45, 2.75) is 12.5 Å². The number of hydrogen-bond acceptors (Lipinski definition) is 4. The molecule has 1 amide bonds. The number of ether oxygens (including phenoxy) is 1. The van der Waals surface area contributed by atoms with Gasteiger partial charge in [-0.05, 0) is 35.0 Å². The number of esters is 1. The summed E-state index contributed by atoms with van der Waals surface area (Å²) in [5.41, 5.74) is 3.09. The second kappa shape index (κ2) is 6.49. The van der Waals surface area contributed by atoms with Gasteiger partial charge in [0.05, 0.1) is 17.8 Å². The highest BCUT2D eigenvalue weighted by Gasteiger charge is 2.28. The van der Waals surface area contributed by atoms with Gasteiger partial charge in [0.25, 0.3) is 5.91 Å². The number of H-pyrrole nitrogens is 1. The third-order valence-corrected chi connectivity index (χ3v) is 5.09. The largest absolute Gasteiger partial charge is 0.464 e. The SMILES string of the molecule is O=C(N[C@@H]1CCOC1=O)c1ccc2[nH]nc(-c3ccc4ccccc4c3)c2c1. The Morgan fingerprint density at radius 1 is 1.07 bits per heavy atom. The summed E-state index contributed by atoms with van der Waals surface area (Å²) in [4.78, 5) is 24.2. The van der Waals surface area contributed by atoms with Crippen LogP contribution < -0.4 is 5.32 Å². The van der Waals surface area contributed by atoms with E-state index in [1.54, 1.807) is 12.1 Å². The lowest BCUT2D eigenvalue weighted by Crippen LogP contribution is -2.37. The average Bonchev–Trinajstić information content (AvgIpc) is 3.33. The van der Waals surface area contributed by atoms with Crippen molar-refractivity contribution < 1.29 is 14.3 Å². The first-order chi connectivity index (χ1) is 13.7. The van der Waals surface area contributed by atoms with Crippen molar-refractivity contribution in [2.24, 2.45) is 0 Å². The molecule has 1 atom stereocenters. The number of benzene rings is 3. The van der Waals surface area contributed by atoms with E-state index in [2.05, 4.69) is 39.8 Å². The second-order valence-corrected chi connectivity index (χ2v) is 6.88. The highest BCUT2D eigenvalue weighted by molar-refractivity contribution is 6.03. The molecule has 0 unspecified atom stereocenters. The summed E-state index contributed by atoms with van der Waals surface area (Å²) in [5, 5.41) is 13.4. The van der Waals surface area contributed by atoms with Gasteiger partial charge in [-0.2, -0.15) is 5.10 Å². The first kappa shape index (κ1) is 16.5. The van der Waals surface area contributed by atoms with Crippen LogP contribution in [0.25, 0.3) is 32.9 Å². The number of carbonyl (C=O) groups is 2. The molecule has 6 nitrogen and oxygen atoms in total. The molecule has 2 N–H and O–H groups in total. The molecule has 2 heterocycles. The molecule has 1 fully saturated rings. The minimum absolute atomic E-state index is 0.295. The van der Waals surface area contributed by atoms with Crippen molar-refractivity contribution >= 4 is 33.6 Å². The highest BCUT2D eigenvalue weighted by Crippen LogP contribution is 2.29. The number of nitrogens with zero attached hydrogens (tertiary/aromatic N) is 1. The summed E-state index contributed by atoms with van der Waals surface area (Å²) in [6.07, 6.45) is 0.501. The topological polar surface area (TPSA) is 84.1 Å². The minimum atomic E-state index is -0.576. The third-order valence-electron chi connectivity index (χ3n) is 5.09. The first-order valence-corrected chi connectivity index (χ1v) is 9.14. The summed E-state index contributed by atoms with van der Waals surface area (Å²) in [6.45, 7) is 0.344. The van der Waals surface area contributed by atoms with Crippen LogP contribution >= 0.6 is 0 Å². The zero-order valence-corrected chi connectivity index (χ0v) is 14.9. The average molecular weight is 371 g/mol. The van der Waals surface area contributed by atoms with Gasteiger partial charge in [-0.25, -0.2) is 4.79 Å². The number of aromatic nitrogens is 2. The van der Waals surface area contributed by atoms with Crippen LogP contribution in [0.5, 0.6) is 0 Å². The van der Waals surface area contributed by atoms with Gasteiger partial charge in [0, 0.05) is 22.9 Å². The van der Waals surface area contributed by atoms with Crippen LogP contribution in [0.2, 0.25) is 0 Å². The van der Waals surface area contributed by atoms with E-state index in [0.29, 0.717) is 18.6 Å². The number of cyclic esters (lactones) is 1. The van der Waals surface area contributed by atoms with Gasteiger partial charge < -0.3 is 10.1 Å². The van der Waals surface area contributed by atoms with Crippen molar-refractivity contribution in [3.8, 4) is 11.3 Å². The monoisotopic (exact) mass is 371 g/mol. The van der Waals surface area contributed by atoms with Gasteiger partial charge in [0.15, 0.2) is 0 Å². The predicted molar refractivity (Wildman–Crippen MR) is 106 cm³/mol. The molecule has 6 heteroatoms. The van der Waals surface area contributed by atoms with Crippen molar-refractivity contribution in [1.29, 1.82) is 0 Å². The summed E-state index contributed by atoms with van der Waals surface area (Å²) in [5.74, 6) is -0.675. The van der Waals surface area contributed by atoms with Crippen molar-refractivity contribution in [2.75, 3.05) is 6.61 Å². The Bertz CT molecular complexity index is 1230. The van der Waals surface area contributed by atoms with Gasteiger partial charge >= 0.3 is 5.97 Å². The van der Waals surface area contributed by atoms with Crippen LogP contribution in [0.3, 0.4) is 0 Å². The Hall–Kier alpha value is -3.67. The number of carbonyl (C=O) groups excluding carboxylic acids is 2. The standard InChI is InChI=1S/C22H17N3O3/c26-21(23-19-9-10-28-22(19)27)16-7-8-18-17(12-16)20(25-24-18)15-6-5-13-3-1-2-4-14(13)11-15/h1-8,11-12,19H,9-10H2,(H,23,26)(H,24,25)/t19-/m1/s1. The number of amides is 1. The lowest BCUT2D eigenvalue weighted by atomic mass is 10.0. The first-order valence-electron chi connectivity index (χ1n) is 9.14. The quantitative estimate of drug-likeness (QED) is 0.541. The van der Waals surface area contributed by atoms with Gasteiger partial charge in [-0.15, -0.1) is 0 Å². The fraction of sp³-hybridized carbons (Fsp3) is 0.136. The lowest BCUT2D eigenvalue weighted by Gasteiger charge is -2.09. The molecule has 0 aliphatic carbocycles. The second-order valence-electron chi connectivity index (χ2n) is 6.88. The number of rotatable bonds is 3. The van der Waals surface area contributed by atoms with Gasteiger partial charge in [0.2, 0.25) is 0 Å². The Kier molecular flexibility index (Phi) is 3.83. The maximum absolute atomic E-state index is 12.6. The molecular weight excluding hydrogens is 354 g/mol. The number of fused-ring (bicyclic) bond motifs is 2. The van der Waals surface area contributed by atoms with Crippen LogP contribution in [-0.2, 0) is 9.53 Å². The molecule has 0 spiro atoms. The molecule has 28 heavy (non-hydrogen) atoms. The number of aromatic amines is 1. The van der Waals surface area contributed by atoms with Crippen LogP contribution in [0.1, 0.15) is 16.8 Å².